The van der Waals surface area contributed by atoms with Crippen LogP contribution in [-0.2, 0) is 16.1 Å². The molecule has 3 aromatic heterocycles. The van der Waals surface area contributed by atoms with E-state index in [9.17, 15) is 18.4 Å². The zero-order chi connectivity index (χ0) is 27.8. The third-order valence-corrected chi connectivity index (χ3v) is 7.00. The number of aromatic nitrogens is 6. The number of aromatic amines is 1. The van der Waals surface area contributed by atoms with Gasteiger partial charge in [-0.1, -0.05) is 0 Å². The van der Waals surface area contributed by atoms with Gasteiger partial charge in [-0.05, 0) is 66.4 Å². The summed E-state index contributed by atoms with van der Waals surface area (Å²) in [6, 6.07) is 10.3. The molecule has 202 valence electrons. The molecule has 1 saturated carbocycles. The lowest BCUT2D eigenvalue weighted by Crippen LogP contribution is -2.30. The predicted molar refractivity (Wildman–Crippen MR) is 139 cm³/mol. The standard InChI is InChI=1S/C28H23F2N7O3/c1-40-28(39)18-8-17(9-18)25-35-23-24(32-14-33-26(23)36-25)27(38)31-11-15-6-16(10-21(30)7-15)19-12-34-37(13-19)22-4-2-20(29)3-5-22/h2-7,10,12-14,17-18H,8-9,11H2,1H3,(H,31,38)(H,32,33,35,36). The largest absolute Gasteiger partial charge is 0.469 e. The number of rotatable bonds is 7. The lowest BCUT2D eigenvalue weighted by Gasteiger charge is -2.31. The van der Waals surface area contributed by atoms with Crippen LogP contribution in [0.25, 0.3) is 28.0 Å². The van der Waals surface area contributed by atoms with Gasteiger partial charge in [0.2, 0.25) is 0 Å². The van der Waals surface area contributed by atoms with E-state index in [4.69, 9.17) is 4.74 Å². The van der Waals surface area contributed by atoms with Crippen LogP contribution in [0.3, 0.4) is 0 Å². The van der Waals surface area contributed by atoms with Crippen LogP contribution in [-0.4, -0.2) is 48.7 Å². The number of methoxy groups -OCH3 is 1. The van der Waals surface area contributed by atoms with E-state index < -0.39 is 11.7 Å². The number of halogens is 2. The van der Waals surface area contributed by atoms with E-state index >= 15 is 0 Å². The van der Waals surface area contributed by atoms with Gasteiger partial charge in [-0.2, -0.15) is 5.10 Å². The monoisotopic (exact) mass is 543 g/mol. The van der Waals surface area contributed by atoms with E-state index in [0.29, 0.717) is 52.2 Å². The van der Waals surface area contributed by atoms with E-state index in [-0.39, 0.29) is 35.9 Å². The number of fused-ring (bicyclic) bond motifs is 1. The molecule has 0 spiro atoms. The molecule has 2 aromatic carbocycles. The van der Waals surface area contributed by atoms with Gasteiger partial charge in [0.25, 0.3) is 5.91 Å². The Morgan fingerprint density at radius 3 is 2.65 bits per heavy atom. The summed E-state index contributed by atoms with van der Waals surface area (Å²) in [5, 5.41) is 7.08. The zero-order valence-electron chi connectivity index (χ0n) is 21.3. The lowest BCUT2D eigenvalue weighted by molar-refractivity contribution is -0.148. The van der Waals surface area contributed by atoms with Crippen molar-refractivity contribution in [1.82, 2.24) is 35.0 Å². The smallest absolute Gasteiger partial charge is 0.308 e. The van der Waals surface area contributed by atoms with E-state index in [0.717, 1.165) is 0 Å². The second-order valence-electron chi connectivity index (χ2n) is 9.61. The van der Waals surface area contributed by atoms with Crippen molar-refractivity contribution in [2.24, 2.45) is 5.92 Å². The fourth-order valence-electron chi connectivity index (χ4n) is 4.80. The van der Waals surface area contributed by atoms with Crippen molar-refractivity contribution in [1.29, 1.82) is 0 Å². The number of carbonyl (C=O) groups is 2. The predicted octanol–water partition coefficient (Wildman–Crippen LogP) is 4.08. The molecule has 6 rings (SSSR count). The average Bonchev–Trinajstić information content (AvgIpc) is 3.58. The Morgan fingerprint density at radius 2 is 1.88 bits per heavy atom. The molecule has 3 heterocycles. The van der Waals surface area contributed by atoms with E-state index in [2.05, 4.69) is 30.4 Å². The molecule has 1 fully saturated rings. The Kier molecular flexibility index (Phi) is 6.50. The molecule has 2 N–H and O–H groups in total. The van der Waals surface area contributed by atoms with Crippen LogP contribution in [0.2, 0.25) is 0 Å². The van der Waals surface area contributed by atoms with Crippen molar-refractivity contribution in [3.63, 3.8) is 0 Å². The van der Waals surface area contributed by atoms with Crippen LogP contribution in [0.5, 0.6) is 0 Å². The molecular weight excluding hydrogens is 520 g/mol. The number of benzene rings is 2. The van der Waals surface area contributed by atoms with Gasteiger partial charge < -0.3 is 15.0 Å². The molecule has 12 heteroatoms. The highest BCUT2D eigenvalue weighted by molar-refractivity contribution is 6.02. The summed E-state index contributed by atoms with van der Waals surface area (Å²) in [6.07, 6.45) is 5.77. The number of amides is 1. The molecule has 0 bridgehead atoms. The molecule has 40 heavy (non-hydrogen) atoms. The number of hydrogen-bond acceptors (Lipinski definition) is 7. The first-order valence-corrected chi connectivity index (χ1v) is 12.5. The number of ether oxygens (including phenoxy) is 1. The third-order valence-electron chi connectivity index (χ3n) is 7.00. The summed E-state index contributed by atoms with van der Waals surface area (Å²) in [4.78, 5) is 40.7. The second kappa shape index (κ2) is 10.3. The fraction of sp³-hybridized carbons (Fsp3) is 0.214. The summed E-state index contributed by atoms with van der Waals surface area (Å²) in [5.74, 6) is -1.02. The summed E-state index contributed by atoms with van der Waals surface area (Å²) in [5.41, 5.74) is 3.29. The van der Waals surface area contributed by atoms with Crippen LogP contribution in [0.4, 0.5) is 8.78 Å². The van der Waals surface area contributed by atoms with Gasteiger partial charge >= 0.3 is 5.97 Å². The van der Waals surface area contributed by atoms with Gasteiger partial charge in [0.1, 0.15) is 29.3 Å². The third kappa shape index (κ3) is 4.91. The van der Waals surface area contributed by atoms with Gasteiger partial charge in [0, 0.05) is 24.2 Å². The summed E-state index contributed by atoms with van der Waals surface area (Å²) < 4.78 is 34.1. The van der Waals surface area contributed by atoms with Crippen LogP contribution < -0.4 is 5.32 Å². The van der Waals surface area contributed by atoms with Crippen molar-refractivity contribution >= 4 is 23.0 Å². The fourth-order valence-corrected chi connectivity index (χ4v) is 4.80. The maximum absolute atomic E-state index is 14.5. The molecular formula is C28H23F2N7O3. The highest BCUT2D eigenvalue weighted by Crippen LogP contribution is 2.41. The van der Waals surface area contributed by atoms with Gasteiger partial charge in [0.05, 0.1) is 24.9 Å². The van der Waals surface area contributed by atoms with Crippen molar-refractivity contribution in [3.8, 4) is 16.8 Å². The Balaban J connectivity index is 1.16. The summed E-state index contributed by atoms with van der Waals surface area (Å²) >= 11 is 0. The van der Waals surface area contributed by atoms with Gasteiger partial charge in [-0.3, -0.25) is 9.59 Å². The molecule has 0 radical (unpaired) electrons. The van der Waals surface area contributed by atoms with Gasteiger partial charge in [0.15, 0.2) is 11.3 Å². The number of esters is 1. The first kappa shape index (κ1) is 25.3. The molecule has 0 atom stereocenters. The maximum Gasteiger partial charge on any atom is 0.308 e. The highest BCUT2D eigenvalue weighted by Gasteiger charge is 2.38. The first-order valence-electron chi connectivity index (χ1n) is 12.5. The van der Waals surface area contributed by atoms with Crippen LogP contribution >= 0.6 is 0 Å². The minimum atomic E-state index is -0.474. The quantitative estimate of drug-likeness (QED) is 0.296. The molecule has 0 unspecified atom stereocenters. The Bertz CT molecular complexity index is 1730. The Hall–Kier alpha value is -5.00. The number of carbonyl (C=O) groups excluding carboxylic acids is 2. The highest BCUT2D eigenvalue weighted by atomic mass is 19.1. The van der Waals surface area contributed by atoms with Crippen molar-refractivity contribution in [2.75, 3.05) is 7.11 Å². The van der Waals surface area contributed by atoms with Gasteiger partial charge in [-0.25, -0.2) is 28.4 Å². The maximum atomic E-state index is 14.5. The zero-order valence-corrected chi connectivity index (χ0v) is 21.3. The average molecular weight is 544 g/mol. The second-order valence-corrected chi connectivity index (χ2v) is 9.61. The number of nitrogens with zero attached hydrogens (tertiary/aromatic N) is 5. The topological polar surface area (TPSA) is 128 Å². The molecule has 5 aromatic rings. The Morgan fingerprint density at radius 1 is 1.07 bits per heavy atom. The molecule has 0 saturated heterocycles. The van der Waals surface area contributed by atoms with E-state index in [1.807, 2.05) is 0 Å². The minimum absolute atomic E-state index is 0.0346. The number of imidazole rings is 1. The van der Waals surface area contributed by atoms with Gasteiger partial charge in [-0.15, -0.1) is 0 Å². The Labute approximate surface area is 226 Å². The van der Waals surface area contributed by atoms with Crippen LogP contribution in [0, 0.1) is 17.6 Å². The number of nitrogens with one attached hydrogen (secondary N) is 2. The van der Waals surface area contributed by atoms with Crippen LogP contribution in [0.1, 0.15) is 40.6 Å². The molecule has 1 amide bonds. The lowest BCUT2D eigenvalue weighted by atomic mass is 9.74. The summed E-state index contributed by atoms with van der Waals surface area (Å²) in [6.45, 7) is 0.0472. The normalized spacial score (nSPS) is 16.5. The van der Waals surface area contributed by atoms with Crippen molar-refractivity contribution in [3.05, 3.63) is 89.9 Å². The molecule has 0 aliphatic heterocycles. The summed E-state index contributed by atoms with van der Waals surface area (Å²) in [7, 11) is 1.37. The first-order chi connectivity index (χ1) is 19.4. The minimum Gasteiger partial charge on any atom is -0.469 e. The van der Waals surface area contributed by atoms with Crippen LogP contribution in [0.15, 0.2) is 61.2 Å². The molecule has 1 aliphatic rings. The molecule has 1 aliphatic carbocycles. The SMILES string of the molecule is COC(=O)C1CC(c2nc3ncnc(C(=O)NCc4cc(F)cc(-c5cnn(-c6ccc(F)cc6)c5)c4)c3[nH]2)C1. The van der Waals surface area contributed by atoms with E-state index in [1.54, 1.807) is 35.3 Å². The number of hydrogen-bond donors (Lipinski definition) is 2. The van der Waals surface area contributed by atoms with Crippen molar-refractivity contribution < 1.29 is 23.1 Å². The van der Waals surface area contributed by atoms with E-state index in [1.165, 1.54) is 37.7 Å². The molecule has 10 nitrogen and oxygen atoms in total. The number of H-pyrrole nitrogens is 1. The van der Waals surface area contributed by atoms with Crippen molar-refractivity contribution in [2.45, 2.75) is 25.3 Å².